The van der Waals surface area contributed by atoms with Gasteiger partial charge < -0.3 is 10.0 Å². The normalized spacial score (nSPS) is 18.6. The van der Waals surface area contributed by atoms with E-state index >= 15 is 0 Å². The predicted octanol–water partition coefficient (Wildman–Crippen LogP) is 3.09. The summed E-state index contributed by atoms with van der Waals surface area (Å²) in [6, 6.07) is 6.39. The molecule has 0 aliphatic carbocycles. The first kappa shape index (κ1) is 15.4. The average molecular weight is 293 g/mol. The summed E-state index contributed by atoms with van der Waals surface area (Å²) in [5.41, 5.74) is 1.87. The van der Waals surface area contributed by atoms with Crippen LogP contribution >= 0.6 is 11.8 Å². The Balaban J connectivity index is 2.17. The Labute approximate surface area is 125 Å². The summed E-state index contributed by atoms with van der Waals surface area (Å²) in [7, 11) is 0. The molecule has 1 saturated heterocycles. The highest BCUT2D eigenvalue weighted by Gasteiger charge is 2.29. The van der Waals surface area contributed by atoms with Gasteiger partial charge in [0.1, 0.15) is 0 Å². The van der Waals surface area contributed by atoms with E-state index in [2.05, 4.69) is 6.07 Å². The Morgan fingerprint density at radius 3 is 3.00 bits per heavy atom. The van der Waals surface area contributed by atoms with E-state index in [0.717, 1.165) is 48.3 Å². The number of aliphatic hydroxyl groups excluding tert-OH is 1. The fourth-order valence-electron chi connectivity index (χ4n) is 2.84. The molecule has 20 heavy (non-hydrogen) atoms. The topological polar surface area (TPSA) is 40.5 Å². The highest BCUT2D eigenvalue weighted by atomic mass is 32.2. The van der Waals surface area contributed by atoms with E-state index in [-0.39, 0.29) is 12.5 Å². The molecule has 1 aromatic rings. The Morgan fingerprint density at radius 2 is 2.30 bits per heavy atom. The standard InChI is InChI=1S/C16H23NO2S/c1-12-7-8-14(20-2)11-15(12)16(19)17-9-3-5-13(17)6-4-10-18/h7-8,11,13,18H,3-6,9-10H2,1-2H3. The van der Waals surface area contributed by atoms with E-state index in [1.165, 1.54) is 0 Å². The van der Waals surface area contributed by atoms with Crippen LogP contribution in [0, 0.1) is 6.92 Å². The van der Waals surface area contributed by atoms with E-state index in [1.54, 1.807) is 11.8 Å². The maximum atomic E-state index is 12.8. The monoisotopic (exact) mass is 293 g/mol. The smallest absolute Gasteiger partial charge is 0.254 e. The Hall–Kier alpha value is -1.00. The van der Waals surface area contributed by atoms with Crippen LogP contribution in [-0.2, 0) is 0 Å². The fourth-order valence-corrected chi connectivity index (χ4v) is 3.28. The molecule has 1 aromatic carbocycles. The lowest BCUT2D eigenvalue weighted by atomic mass is 10.1. The average Bonchev–Trinajstić information content (AvgIpc) is 2.93. The molecule has 0 spiro atoms. The fraction of sp³-hybridized carbons (Fsp3) is 0.562. The molecule has 1 aliphatic heterocycles. The quantitative estimate of drug-likeness (QED) is 0.848. The number of carbonyl (C=O) groups excluding carboxylic acids is 1. The zero-order chi connectivity index (χ0) is 14.5. The molecule has 4 heteroatoms. The summed E-state index contributed by atoms with van der Waals surface area (Å²) in [5, 5.41) is 8.97. The molecule has 1 atom stereocenters. The van der Waals surface area contributed by atoms with Gasteiger partial charge in [-0.25, -0.2) is 0 Å². The van der Waals surface area contributed by atoms with E-state index in [0.29, 0.717) is 6.04 Å². The third kappa shape index (κ3) is 3.36. The van der Waals surface area contributed by atoms with Gasteiger partial charge >= 0.3 is 0 Å². The van der Waals surface area contributed by atoms with Crippen molar-refractivity contribution in [3.63, 3.8) is 0 Å². The first-order valence-electron chi connectivity index (χ1n) is 7.24. The highest BCUT2D eigenvalue weighted by molar-refractivity contribution is 7.98. The van der Waals surface area contributed by atoms with Gasteiger partial charge in [0.05, 0.1) is 0 Å². The zero-order valence-corrected chi connectivity index (χ0v) is 13.1. The SMILES string of the molecule is CSc1ccc(C)c(C(=O)N2CCCC2CCCO)c1. The van der Waals surface area contributed by atoms with Crippen molar-refractivity contribution in [2.45, 2.75) is 43.5 Å². The third-order valence-corrected chi connectivity index (χ3v) is 4.73. The first-order chi connectivity index (χ1) is 9.67. The number of hydrogen-bond donors (Lipinski definition) is 1. The molecule has 1 aliphatic rings. The summed E-state index contributed by atoms with van der Waals surface area (Å²) >= 11 is 1.66. The summed E-state index contributed by atoms with van der Waals surface area (Å²) in [6.07, 6.45) is 5.84. The molecule has 1 amide bonds. The van der Waals surface area contributed by atoms with Gasteiger partial charge in [0.2, 0.25) is 0 Å². The summed E-state index contributed by atoms with van der Waals surface area (Å²) in [4.78, 5) is 15.9. The number of rotatable bonds is 5. The largest absolute Gasteiger partial charge is 0.396 e. The third-order valence-electron chi connectivity index (χ3n) is 4.01. The highest BCUT2D eigenvalue weighted by Crippen LogP contribution is 2.26. The van der Waals surface area contributed by atoms with Crippen LogP contribution in [0.2, 0.25) is 0 Å². The lowest BCUT2D eigenvalue weighted by molar-refractivity contribution is 0.0723. The van der Waals surface area contributed by atoms with Crippen LogP contribution in [0.4, 0.5) is 0 Å². The zero-order valence-electron chi connectivity index (χ0n) is 12.3. The second-order valence-corrected chi connectivity index (χ2v) is 6.22. The number of aliphatic hydroxyl groups is 1. The van der Waals surface area contributed by atoms with Gasteiger partial charge in [0.15, 0.2) is 0 Å². The molecule has 1 unspecified atom stereocenters. The molecular weight excluding hydrogens is 270 g/mol. The lowest BCUT2D eigenvalue weighted by Crippen LogP contribution is -2.36. The number of thioether (sulfide) groups is 1. The number of nitrogens with zero attached hydrogens (tertiary/aromatic N) is 1. The molecule has 1 N–H and O–H groups in total. The van der Waals surface area contributed by atoms with Crippen LogP contribution in [0.5, 0.6) is 0 Å². The van der Waals surface area contributed by atoms with Crippen LogP contribution in [-0.4, -0.2) is 41.4 Å². The maximum absolute atomic E-state index is 12.8. The molecule has 3 nitrogen and oxygen atoms in total. The van der Waals surface area contributed by atoms with Crippen molar-refractivity contribution in [1.82, 2.24) is 4.90 Å². The Kier molecular flexibility index (Phi) is 5.49. The Morgan fingerprint density at radius 1 is 1.50 bits per heavy atom. The minimum absolute atomic E-state index is 0.152. The molecule has 1 heterocycles. The number of amides is 1. The van der Waals surface area contributed by atoms with Crippen LogP contribution in [0.1, 0.15) is 41.6 Å². The van der Waals surface area contributed by atoms with Crippen molar-refractivity contribution in [3.05, 3.63) is 29.3 Å². The van der Waals surface area contributed by atoms with Gasteiger partial charge in [-0.15, -0.1) is 11.8 Å². The van der Waals surface area contributed by atoms with Crippen molar-refractivity contribution >= 4 is 17.7 Å². The second-order valence-electron chi connectivity index (χ2n) is 5.34. The molecule has 110 valence electrons. The molecule has 1 fully saturated rings. The minimum atomic E-state index is 0.152. The minimum Gasteiger partial charge on any atom is -0.396 e. The molecule has 0 saturated carbocycles. The number of hydrogen-bond acceptors (Lipinski definition) is 3. The van der Waals surface area contributed by atoms with Crippen LogP contribution in [0.15, 0.2) is 23.1 Å². The van der Waals surface area contributed by atoms with Crippen molar-refractivity contribution in [2.24, 2.45) is 0 Å². The van der Waals surface area contributed by atoms with Crippen LogP contribution in [0.25, 0.3) is 0 Å². The van der Waals surface area contributed by atoms with Gasteiger partial charge in [-0.3, -0.25) is 4.79 Å². The van der Waals surface area contributed by atoms with Crippen molar-refractivity contribution in [3.8, 4) is 0 Å². The molecule has 0 radical (unpaired) electrons. The molecule has 0 bridgehead atoms. The summed E-state index contributed by atoms with van der Waals surface area (Å²) in [5.74, 6) is 0.152. The van der Waals surface area contributed by atoms with Crippen LogP contribution in [0.3, 0.4) is 0 Å². The summed E-state index contributed by atoms with van der Waals surface area (Å²) < 4.78 is 0. The molecule has 0 aromatic heterocycles. The predicted molar refractivity (Wildman–Crippen MR) is 83.3 cm³/mol. The maximum Gasteiger partial charge on any atom is 0.254 e. The molecular formula is C16H23NO2S. The summed E-state index contributed by atoms with van der Waals surface area (Å²) in [6.45, 7) is 3.05. The van der Waals surface area contributed by atoms with Gasteiger partial charge in [-0.05, 0) is 56.6 Å². The number of aryl methyl sites for hydroxylation is 1. The number of benzene rings is 1. The number of carbonyl (C=O) groups is 1. The molecule has 2 rings (SSSR count). The number of likely N-dealkylation sites (tertiary alicyclic amines) is 1. The van der Waals surface area contributed by atoms with Crippen molar-refractivity contribution in [2.75, 3.05) is 19.4 Å². The van der Waals surface area contributed by atoms with E-state index < -0.39 is 0 Å². The van der Waals surface area contributed by atoms with Crippen molar-refractivity contribution < 1.29 is 9.90 Å². The van der Waals surface area contributed by atoms with E-state index in [4.69, 9.17) is 5.11 Å². The van der Waals surface area contributed by atoms with E-state index in [9.17, 15) is 4.79 Å². The Bertz CT molecular complexity index is 476. The van der Waals surface area contributed by atoms with E-state index in [1.807, 2.05) is 30.2 Å². The van der Waals surface area contributed by atoms with Crippen LogP contribution < -0.4 is 0 Å². The van der Waals surface area contributed by atoms with Gasteiger partial charge in [0.25, 0.3) is 5.91 Å². The second kappa shape index (κ2) is 7.14. The lowest BCUT2D eigenvalue weighted by Gasteiger charge is -2.25. The van der Waals surface area contributed by atoms with Gasteiger partial charge in [0, 0.05) is 29.7 Å². The van der Waals surface area contributed by atoms with Gasteiger partial charge in [-0.2, -0.15) is 0 Å². The van der Waals surface area contributed by atoms with Crippen molar-refractivity contribution in [1.29, 1.82) is 0 Å². The van der Waals surface area contributed by atoms with Gasteiger partial charge in [-0.1, -0.05) is 6.07 Å². The first-order valence-corrected chi connectivity index (χ1v) is 8.46.